The van der Waals surface area contributed by atoms with Gasteiger partial charge in [0, 0.05) is 38.3 Å². The van der Waals surface area contributed by atoms with Crippen molar-refractivity contribution in [1.82, 2.24) is 19.9 Å². The maximum atomic E-state index is 13.1. The highest BCUT2D eigenvalue weighted by atomic mass is 19.1. The molecule has 5 rings (SSSR count). The molecule has 3 aliphatic rings. The van der Waals surface area contributed by atoms with Crippen LogP contribution < -0.4 is 4.90 Å². The number of hydrogen-bond acceptors (Lipinski definition) is 9. The van der Waals surface area contributed by atoms with Gasteiger partial charge in [-0.15, -0.1) is 0 Å². The Bertz CT molecular complexity index is 1180. The minimum absolute atomic E-state index is 0.110. The summed E-state index contributed by atoms with van der Waals surface area (Å²) < 4.78 is 18.5. The molecule has 1 aromatic heterocycles. The minimum atomic E-state index is -0.592. The summed E-state index contributed by atoms with van der Waals surface area (Å²) >= 11 is 0. The summed E-state index contributed by atoms with van der Waals surface area (Å²) in [7, 11) is 0. The number of fused-ring (bicyclic) bond motifs is 1. The van der Waals surface area contributed by atoms with Crippen LogP contribution in [-0.2, 0) is 4.79 Å². The third kappa shape index (κ3) is 4.29. The number of carbonyl (C=O) groups is 2. The molecule has 1 aromatic carbocycles. The highest BCUT2D eigenvalue weighted by Gasteiger charge is 2.36. The van der Waals surface area contributed by atoms with Gasteiger partial charge in [-0.1, -0.05) is 5.16 Å². The van der Waals surface area contributed by atoms with E-state index in [0.717, 1.165) is 24.5 Å². The average molecular weight is 452 g/mol. The monoisotopic (exact) mass is 452 g/mol. The Kier molecular flexibility index (Phi) is 5.50. The first-order valence-corrected chi connectivity index (χ1v) is 10.6. The number of piperazine rings is 1. The van der Waals surface area contributed by atoms with Crippen molar-refractivity contribution in [3.8, 4) is 11.4 Å². The van der Waals surface area contributed by atoms with Crippen molar-refractivity contribution in [3.05, 3.63) is 30.1 Å². The molecule has 3 amide bonds. The molecule has 11 nitrogen and oxygen atoms in total. The molecule has 0 atom stereocenters. The highest BCUT2D eigenvalue weighted by Crippen LogP contribution is 2.21. The smallest absolute Gasteiger partial charge is 0.322 e. The van der Waals surface area contributed by atoms with Crippen LogP contribution in [0.4, 0.5) is 15.2 Å². The first-order chi connectivity index (χ1) is 16.0. The second-order valence-electron chi connectivity index (χ2n) is 7.88. The highest BCUT2D eigenvalue weighted by molar-refractivity contribution is 6.72. The molecule has 1 saturated heterocycles. The number of imide groups is 1. The predicted molar refractivity (Wildman–Crippen MR) is 118 cm³/mol. The lowest BCUT2D eigenvalue weighted by Gasteiger charge is -2.33. The maximum absolute atomic E-state index is 13.1. The lowest BCUT2D eigenvalue weighted by Crippen LogP contribution is -2.49. The van der Waals surface area contributed by atoms with E-state index in [9.17, 15) is 14.0 Å². The van der Waals surface area contributed by atoms with Crippen LogP contribution in [0.3, 0.4) is 0 Å². The topological polar surface area (TPSA) is 120 Å². The molecule has 3 aliphatic heterocycles. The fraction of sp³-hybridized carbons (Fsp3) is 0.381. The normalized spacial score (nSPS) is 18.9. The zero-order valence-corrected chi connectivity index (χ0v) is 17.9. The van der Waals surface area contributed by atoms with Crippen molar-refractivity contribution < 1.29 is 18.5 Å². The van der Waals surface area contributed by atoms with E-state index in [4.69, 9.17) is 4.52 Å². The summed E-state index contributed by atoms with van der Waals surface area (Å²) in [4.78, 5) is 46.5. The maximum Gasteiger partial charge on any atom is 0.352 e. The number of carbonyl (C=O) groups excluding carboxylic acids is 2. The number of rotatable bonds is 6. The zero-order chi connectivity index (χ0) is 22.9. The number of urea groups is 1. The van der Waals surface area contributed by atoms with Crippen LogP contribution in [0.25, 0.3) is 11.4 Å². The van der Waals surface area contributed by atoms with Gasteiger partial charge in [-0.3, -0.25) is 14.6 Å². The summed E-state index contributed by atoms with van der Waals surface area (Å²) in [5, 5.41) is 3.99. The number of aliphatic imine (C=N–C) groups is 3. The zero-order valence-electron chi connectivity index (χ0n) is 17.9. The fourth-order valence-electron chi connectivity index (χ4n) is 3.90. The molecule has 1 fully saturated rings. The molecule has 33 heavy (non-hydrogen) atoms. The van der Waals surface area contributed by atoms with E-state index in [2.05, 4.69) is 30.0 Å². The lowest BCUT2D eigenvalue weighted by molar-refractivity contribution is -0.121. The van der Waals surface area contributed by atoms with E-state index >= 15 is 0 Å². The van der Waals surface area contributed by atoms with Gasteiger partial charge < -0.3 is 9.42 Å². The van der Waals surface area contributed by atoms with Crippen molar-refractivity contribution in [2.75, 3.05) is 44.2 Å². The summed E-state index contributed by atoms with van der Waals surface area (Å²) in [5.74, 6) is 0.195. The van der Waals surface area contributed by atoms with Crippen molar-refractivity contribution in [1.29, 1.82) is 0 Å². The summed E-state index contributed by atoms with van der Waals surface area (Å²) in [6.45, 7) is 5.62. The van der Waals surface area contributed by atoms with Gasteiger partial charge in [-0.05, 0) is 44.2 Å². The Morgan fingerprint density at radius 2 is 1.76 bits per heavy atom. The molecule has 2 aromatic rings. The van der Waals surface area contributed by atoms with E-state index in [0.29, 0.717) is 42.7 Å². The number of benzene rings is 1. The van der Waals surface area contributed by atoms with Gasteiger partial charge in [-0.25, -0.2) is 19.2 Å². The third-order valence-corrected chi connectivity index (χ3v) is 5.65. The molecular formula is C21H21FN8O3. The number of amidine groups is 2. The van der Waals surface area contributed by atoms with Crippen LogP contribution in [0.5, 0.6) is 0 Å². The minimum Gasteiger partial charge on any atom is -0.322 e. The summed E-state index contributed by atoms with van der Waals surface area (Å²) in [5.41, 5.74) is 0.828. The van der Waals surface area contributed by atoms with Gasteiger partial charge in [0.15, 0.2) is 11.5 Å². The Balaban J connectivity index is 1.10. The molecule has 0 spiro atoms. The van der Waals surface area contributed by atoms with E-state index in [-0.39, 0.29) is 23.9 Å². The largest absolute Gasteiger partial charge is 0.352 e. The first-order valence-electron chi connectivity index (χ1n) is 10.6. The molecule has 0 aliphatic carbocycles. The molecule has 0 N–H and O–H groups in total. The summed E-state index contributed by atoms with van der Waals surface area (Å²) in [6, 6.07) is 5.78. The Labute approximate surface area is 188 Å². The Morgan fingerprint density at radius 3 is 2.52 bits per heavy atom. The van der Waals surface area contributed by atoms with Gasteiger partial charge >= 0.3 is 12.0 Å². The molecular weight excluding hydrogens is 431 g/mol. The van der Waals surface area contributed by atoms with Crippen molar-refractivity contribution in [3.63, 3.8) is 0 Å². The predicted octanol–water partition coefficient (Wildman–Crippen LogP) is 1.62. The Morgan fingerprint density at radius 1 is 1.00 bits per heavy atom. The van der Waals surface area contributed by atoms with Crippen molar-refractivity contribution >= 4 is 35.3 Å². The van der Waals surface area contributed by atoms with Crippen LogP contribution >= 0.6 is 0 Å². The Hall–Kier alpha value is -3.80. The van der Waals surface area contributed by atoms with Crippen LogP contribution in [-0.4, -0.2) is 88.5 Å². The van der Waals surface area contributed by atoms with E-state index in [1.54, 1.807) is 19.1 Å². The first kappa shape index (κ1) is 21.1. The quantitative estimate of drug-likeness (QED) is 0.653. The third-order valence-electron chi connectivity index (χ3n) is 5.65. The molecule has 0 unspecified atom stereocenters. The molecule has 4 heterocycles. The number of halogens is 1. The molecule has 0 radical (unpaired) electrons. The van der Waals surface area contributed by atoms with E-state index in [1.807, 2.05) is 4.90 Å². The van der Waals surface area contributed by atoms with Crippen molar-refractivity contribution in [2.45, 2.75) is 13.3 Å². The number of nitrogens with zero attached hydrogens (tertiary/aromatic N) is 8. The fourth-order valence-corrected chi connectivity index (χ4v) is 3.90. The van der Waals surface area contributed by atoms with Crippen LogP contribution in [0.2, 0.25) is 0 Å². The van der Waals surface area contributed by atoms with Gasteiger partial charge in [0.05, 0.1) is 0 Å². The van der Waals surface area contributed by atoms with Crippen molar-refractivity contribution in [2.24, 2.45) is 15.0 Å². The van der Waals surface area contributed by atoms with Crippen LogP contribution in [0.15, 0.2) is 43.8 Å². The number of aromatic nitrogens is 2. The van der Waals surface area contributed by atoms with E-state index < -0.39 is 11.9 Å². The lowest BCUT2D eigenvalue weighted by atomic mass is 10.2. The molecule has 0 saturated carbocycles. The molecule has 170 valence electrons. The molecule has 0 bridgehead atoms. The van der Waals surface area contributed by atoms with Gasteiger partial charge in [0.1, 0.15) is 11.7 Å². The summed E-state index contributed by atoms with van der Waals surface area (Å²) in [6.07, 6.45) is 0.630. The SMILES string of the molecule is CC1=NC2=NC(=O)N(CCCN3CCN(c4nc(-c5ccc(F)cc5)no4)CC3)C(=O)C2=N1. The van der Waals surface area contributed by atoms with Gasteiger partial charge in [-0.2, -0.15) is 9.98 Å². The van der Waals surface area contributed by atoms with Crippen LogP contribution in [0, 0.1) is 5.82 Å². The van der Waals surface area contributed by atoms with E-state index in [1.165, 1.54) is 12.1 Å². The number of anilines is 1. The second kappa shape index (κ2) is 8.62. The average Bonchev–Trinajstić information content (AvgIpc) is 3.44. The van der Waals surface area contributed by atoms with Gasteiger partial charge in [0.25, 0.3) is 5.91 Å². The standard InChI is InChI=1S/C21H21FN8O3/c1-13-23-16-18(24-13)25-20(32)30(19(16)31)8-2-7-28-9-11-29(12-10-28)21-26-17(27-33-21)14-3-5-15(22)6-4-14/h3-6H,2,7-12H2,1H3. The number of amides is 3. The molecule has 12 heteroatoms. The number of hydrogen-bond donors (Lipinski definition) is 0. The van der Waals surface area contributed by atoms with Gasteiger partial charge in [0.2, 0.25) is 5.82 Å². The second-order valence-corrected chi connectivity index (χ2v) is 7.88. The van der Waals surface area contributed by atoms with Crippen LogP contribution in [0.1, 0.15) is 13.3 Å².